The summed E-state index contributed by atoms with van der Waals surface area (Å²) in [7, 11) is 0. The molecule has 2 aromatic carbocycles. The summed E-state index contributed by atoms with van der Waals surface area (Å²) in [5.74, 6) is -0.931. The number of carboxylic acids is 1. The Morgan fingerprint density at radius 1 is 0.850 bits per heavy atom. The highest BCUT2D eigenvalue weighted by Gasteiger charge is 2.08. The van der Waals surface area contributed by atoms with Crippen LogP contribution in [0.5, 0.6) is 0 Å². The SMILES string of the molecule is CC.CC.O=C(O)c1ccccc1Nc1ccccc1. The lowest BCUT2D eigenvalue weighted by Crippen LogP contribution is -2.01. The summed E-state index contributed by atoms with van der Waals surface area (Å²) in [4.78, 5) is 11.0. The number of anilines is 2. The van der Waals surface area contributed by atoms with Crippen molar-refractivity contribution in [2.24, 2.45) is 0 Å². The number of para-hydroxylation sites is 2. The summed E-state index contributed by atoms with van der Waals surface area (Å²) >= 11 is 0. The largest absolute Gasteiger partial charge is 0.478 e. The van der Waals surface area contributed by atoms with E-state index in [4.69, 9.17) is 5.11 Å². The Hall–Kier alpha value is -2.29. The molecular weight excluding hydrogens is 250 g/mol. The number of rotatable bonds is 3. The Kier molecular flexibility index (Phi) is 9.40. The first-order valence-corrected chi connectivity index (χ1v) is 6.92. The summed E-state index contributed by atoms with van der Waals surface area (Å²) in [5, 5.41) is 12.1. The molecule has 0 aliphatic carbocycles. The molecule has 0 saturated carbocycles. The molecule has 108 valence electrons. The molecule has 0 aliphatic heterocycles. The van der Waals surface area contributed by atoms with E-state index in [1.165, 1.54) is 0 Å². The molecule has 0 amide bonds. The predicted octanol–water partition coefficient (Wildman–Crippen LogP) is 5.18. The average Bonchev–Trinajstić information content (AvgIpc) is 2.52. The molecule has 0 saturated heterocycles. The number of carbonyl (C=O) groups is 1. The Bertz CT molecular complexity index is 495. The molecular formula is C17H23NO2. The molecule has 0 fully saturated rings. The van der Waals surface area contributed by atoms with Crippen molar-refractivity contribution in [3.63, 3.8) is 0 Å². The Labute approximate surface area is 121 Å². The van der Waals surface area contributed by atoms with E-state index >= 15 is 0 Å². The van der Waals surface area contributed by atoms with Gasteiger partial charge in [0.2, 0.25) is 0 Å². The van der Waals surface area contributed by atoms with Crippen LogP contribution in [0.15, 0.2) is 54.6 Å². The number of aromatic carboxylic acids is 1. The zero-order valence-electron chi connectivity index (χ0n) is 12.6. The minimum Gasteiger partial charge on any atom is -0.478 e. The van der Waals surface area contributed by atoms with E-state index in [0.29, 0.717) is 5.69 Å². The van der Waals surface area contributed by atoms with Crippen LogP contribution in [0.2, 0.25) is 0 Å². The summed E-state index contributed by atoms with van der Waals surface area (Å²) < 4.78 is 0. The third-order valence-corrected chi connectivity index (χ3v) is 2.21. The topological polar surface area (TPSA) is 49.3 Å². The quantitative estimate of drug-likeness (QED) is 0.810. The van der Waals surface area contributed by atoms with Crippen molar-refractivity contribution >= 4 is 17.3 Å². The first-order valence-electron chi connectivity index (χ1n) is 6.92. The van der Waals surface area contributed by atoms with Crippen LogP contribution in [0.1, 0.15) is 38.1 Å². The maximum Gasteiger partial charge on any atom is 0.337 e. The Balaban J connectivity index is 0.000000829. The maximum atomic E-state index is 11.0. The van der Waals surface area contributed by atoms with Crippen LogP contribution in [0.3, 0.4) is 0 Å². The molecule has 0 aromatic heterocycles. The summed E-state index contributed by atoms with van der Waals surface area (Å²) in [6.45, 7) is 8.00. The molecule has 3 heteroatoms. The zero-order chi connectivity index (χ0) is 15.4. The van der Waals surface area contributed by atoms with Gasteiger partial charge in [-0.05, 0) is 24.3 Å². The lowest BCUT2D eigenvalue weighted by molar-refractivity contribution is 0.0698. The van der Waals surface area contributed by atoms with E-state index in [9.17, 15) is 4.79 Å². The van der Waals surface area contributed by atoms with Crippen LogP contribution >= 0.6 is 0 Å². The number of hydrogen-bond donors (Lipinski definition) is 2. The summed E-state index contributed by atoms with van der Waals surface area (Å²) in [6.07, 6.45) is 0. The Morgan fingerprint density at radius 3 is 1.90 bits per heavy atom. The average molecular weight is 273 g/mol. The van der Waals surface area contributed by atoms with Crippen LogP contribution in [-0.4, -0.2) is 11.1 Å². The van der Waals surface area contributed by atoms with Crippen molar-refractivity contribution in [3.8, 4) is 0 Å². The van der Waals surface area contributed by atoms with Gasteiger partial charge in [-0.25, -0.2) is 4.79 Å². The fraction of sp³-hybridized carbons (Fsp3) is 0.235. The van der Waals surface area contributed by atoms with Crippen molar-refractivity contribution in [3.05, 3.63) is 60.2 Å². The molecule has 0 bridgehead atoms. The van der Waals surface area contributed by atoms with Gasteiger partial charge >= 0.3 is 5.97 Å². The fourth-order valence-corrected chi connectivity index (χ4v) is 1.46. The molecule has 0 atom stereocenters. The molecule has 0 radical (unpaired) electrons. The minimum absolute atomic E-state index is 0.270. The van der Waals surface area contributed by atoms with Gasteiger partial charge in [0.15, 0.2) is 0 Å². The first kappa shape index (κ1) is 17.7. The second-order valence-corrected chi connectivity index (χ2v) is 3.34. The molecule has 20 heavy (non-hydrogen) atoms. The fourth-order valence-electron chi connectivity index (χ4n) is 1.46. The van der Waals surface area contributed by atoms with E-state index in [2.05, 4.69) is 5.32 Å². The molecule has 0 heterocycles. The van der Waals surface area contributed by atoms with Gasteiger partial charge in [-0.15, -0.1) is 0 Å². The van der Waals surface area contributed by atoms with E-state index < -0.39 is 5.97 Å². The van der Waals surface area contributed by atoms with E-state index in [-0.39, 0.29) is 5.56 Å². The zero-order valence-corrected chi connectivity index (χ0v) is 12.6. The van der Waals surface area contributed by atoms with Crippen molar-refractivity contribution < 1.29 is 9.90 Å². The lowest BCUT2D eigenvalue weighted by atomic mass is 10.1. The van der Waals surface area contributed by atoms with Crippen molar-refractivity contribution in [1.29, 1.82) is 0 Å². The van der Waals surface area contributed by atoms with Crippen LogP contribution in [0.25, 0.3) is 0 Å². The number of nitrogens with one attached hydrogen (secondary N) is 1. The Morgan fingerprint density at radius 2 is 1.35 bits per heavy atom. The van der Waals surface area contributed by atoms with Gasteiger partial charge in [0.05, 0.1) is 11.3 Å². The monoisotopic (exact) mass is 273 g/mol. The normalized spacial score (nSPS) is 8.40. The van der Waals surface area contributed by atoms with Crippen molar-refractivity contribution in [1.82, 2.24) is 0 Å². The molecule has 0 spiro atoms. The molecule has 3 nitrogen and oxygen atoms in total. The third-order valence-electron chi connectivity index (χ3n) is 2.21. The van der Waals surface area contributed by atoms with Crippen molar-refractivity contribution in [2.75, 3.05) is 5.32 Å². The molecule has 2 aromatic rings. The molecule has 0 unspecified atom stereocenters. The van der Waals surface area contributed by atoms with E-state index in [1.54, 1.807) is 24.3 Å². The van der Waals surface area contributed by atoms with Crippen LogP contribution in [-0.2, 0) is 0 Å². The molecule has 2 rings (SSSR count). The highest BCUT2D eigenvalue weighted by atomic mass is 16.4. The second kappa shape index (κ2) is 10.6. The smallest absolute Gasteiger partial charge is 0.337 e. The van der Waals surface area contributed by atoms with Crippen molar-refractivity contribution in [2.45, 2.75) is 27.7 Å². The predicted molar refractivity (Wildman–Crippen MR) is 85.8 cm³/mol. The highest BCUT2D eigenvalue weighted by molar-refractivity contribution is 5.95. The standard InChI is InChI=1S/C13H11NO2.2C2H6/c15-13(16)11-8-4-5-9-12(11)14-10-6-2-1-3-7-10;2*1-2/h1-9,14H,(H,15,16);2*1-2H3. The van der Waals surface area contributed by atoms with Crippen LogP contribution in [0.4, 0.5) is 11.4 Å². The number of carboxylic acid groups (broad SMARTS) is 1. The molecule has 0 aliphatic rings. The van der Waals surface area contributed by atoms with Gasteiger partial charge in [0.1, 0.15) is 0 Å². The van der Waals surface area contributed by atoms with Gasteiger partial charge in [-0.2, -0.15) is 0 Å². The second-order valence-electron chi connectivity index (χ2n) is 3.34. The van der Waals surface area contributed by atoms with Crippen LogP contribution < -0.4 is 5.32 Å². The van der Waals surface area contributed by atoms with Gasteiger partial charge in [0, 0.05) is 5.69 Å². The molecule has 2 N–H and O–H groups in total. The maximum absolute atomic E-state index is 11.0. The number of benzene rings is 2. The number of hydrogen-bond acceptors (Lipinski definition) is 2. The first-order chi connectivity index (χ1) is 9.77. The van der Waals surface area contributed by atoms with Gasteiger partial charge in [-0.3, -0.25) is 0 Å². The summed E-state index contributed by atoms with van der Waals surface area (Å²) in [5.41, 5.74) is 1.74. The van der Waals surface area contributed by atoms with Gasteiger partial charge in [-0.1, -0.05) is 58.0 Å². The lowest BCUT2D eigenvalue weighted by Gasteiger charge is -2.08. The van der Waals surface area contributed by atoms with Gasteiger partial charge < -0.3 is 10.4 Å². The third kappa shape index (κ3) is 5.57. The van der Waals surface area contributed by atoms with Gasteiger partial charge in [0.25, 0.3) is 0 Å². The van der Waals surface area contributed by atoms with Crippen LogP contribution in [0, 0.1) is 0 Å². The minimum atomic E-state index is -0.931. The van der Waals surface area contributed by atoms with E-state index in [1.807, 2.05) is 58.0 Å². The highest BCUT2D eigenvalue weighted by Crippen LogP contribution is 2.20. The van der Waals surface area contributed by atoms with E-state index in [0.717, 1.165) is 5.69 Å². The summed E-state index contributed by atoms with van der Waals surface area (Å²) in [6, 6.07) is 16.3.